The largest absolute Gasteiger partial charge is 0.507 e. The molecule has 2 aromatic rings. The molecular formula is C23H24N2O5. The van der Waals surface area contributed by atoms with E-state index in [-0.39, 0.29) is 29.2 Å². The second-order valence-corrected chi connectivity index (χ2v) is 7.46. The summed E-state index contributed by atoms with van der Waals surface area (Å²) in [4.78, 5) is 31.2. The van der Waals surface area contributed by atoms with Crippen molar-refractivity contribution in [1.82, 2.24) is 9.88 Å². The number of piperidine rings is 1. The second-order valence-electron chi connectivity index (χ2n) is 7.46. The van der Waals surface area contributed by atoms with Crippen LogP contribution in [0.25, 0.3) is 6.08 Å². The summed E-state index contributed by atoms with van der Waals surface area (Å²) < 4.78 is 11.0. The normalized spacial score (nSPS) is 20.1. The van der Waals surface area contributed by atoms with Crippen LogP contribution in [-0.2, 0) is 16.1 Å². The highest BCUT2D eigenvalue weighted by Crippen LogP contribution is 2.40. The third-order valence-corrected chi connectivity index (χ3v) is 5.39. The topological polar surface area (TPSA) is 89.0 Å². The number of carbonyl (C=O) groups excluding carboxylic acids is 2. The summed E-state index contributed by atoms with van der Waals surface area (Å²) >= 11 is 0. The third kappa shape index (κ3) is 4.07. The number of hydrogen-bond donors (Lipinski definition) is 1. The minimum atomic E-state index is -0.236. The Labute approximate surface area is 174 Å². The maximum atomic E-state index is 12.8. The zero-order valence-electron chi connectivity index (χ0n) is 16.8. The van der Waals surface area contributed by atoms with E-state index in [2.05, 4.69) is 9.88 Å². The van der Waals surface area contributed by atoms with Crippen molar-refractivity contribution in [2.24, 2.45) is 5.92 Å². The van der Waals surface area contributed by atoms with Crippen molar-refractivity contribution in [3.63, 3.8) is 0 Å². The van der Waals surface area contributed by atoms with E-state index in [1.165, 1.54) is 6.07 Å². The Kier molecular flexibility index (Phi) is 5.81. The molecule has 2 aliphatic rings. The first-order valence-electron chi connectivity index (χ1n) is 10.2. The monoisotopic (exact) mass is 408 g/mol. The van der Waals surface area contributed by atoms with Gasteiger partial charge in [0, 0.05) is 25.4 Å². The lowest BCUT2D eigenvalue weighted by Crippen LogP contribution is -2.39. The van der Waals surface area contributed by atoms with Gasteiger partial charge < -0.3 is 14.6 Å². The lowest BCUT2D eigenvalue weighted by molar-refractivity contribution is -0.150. The van der Waals surface area contributed by atoms with E-state index in [0.29, 0.717) is 42.3 Å². The number of ether oxygens (including phenoxy) is 2. The molecule has 1 saturated heterocycles. The van der Waals surface area contributed by atoms with Crippen LogP contribution in [0.3, 0.4) is 0 Å². The molecule has 2 aliphatic heterocycles. The Balaban J connectivity index is 1.56. The fraction of sp³-hybridized carbons (Fsp3) is 0.348. The van der Waals surface area contributed by atoms with Crippen molar-refractivity contribution < 1.29 is 24.2 Å². The molecule has 1 fully saturated rings. The number of allylic oxidation sites excluding steroid dienone is 1. The first-order chi connectivity index (χ1) is 14.6. The van der Waals surface area contributed by atoms with Gasteiger partial charge in [-0.1, -0.05) is 6.07 Å². The predicted molar refractivity (Wildman–Crippen MR) is 110 cm³/mol. The fourth-order valence-corrected chi connectivity index (χ4v) is 3.92. The number of pyridine rings is 1. The van der Waals surface area contributed by atoms with Gasteiger partial charge in [0.15, 0.2) is 5.76 Å². The number of likely N-dealkylation sites (tertiary alicyclic amines) is 1. The van der Waals surface area contributed by atoms with E-state index in [1.54, 1.807) is 37.4 Å². The smallest absolute Gasteiger partial charge is 0.310 e. The van der Waals surface area contributed by atoms with Crippen LogP contribution in [0.5, 0.6) is 11.5 Å². The minimum absolute atomic E-state index is 0.0684. The molecule has 1 N–H and O–H groups in total. The molecule has 4 rings (SSSR count). The minimum Gasteiger partial charge on any atom is -0.507 e. The van der Waals surface area contributed by atoms with Crippen LogP contribution in [0.2, 0.25) is 0 Å². The Morgan fingerprint density at radius 3 is 3.00 bits per heavy atom. The highest BCUT2D eigenvalue weighted by atomic mass is 16.5. The Morgan fingerprint density at radius 2 is 2.23 bits per heavy atom. The number of phenols is 1. The zero-order chi connectivity index (χ0) is 21.1. The Hall–Kier alpha value is -3.19. The highest BCUT2D eigenvalue weighted by Gasteiger charge is 2.33. The van der Waals surface area contributed by atoms with Crippen LogP contribution in [0.15, 0.2) is 42.3 Å². The van der Waals surface area contributed by atoms with E-state index in [0.717, 1.165) is 19.4 Å². The standard InChI is InChI=1S/C23H24N2O5/c1-2-29-23(28)15-6-5-11-25(13-15)14-18-19(26)9-8-17-21(27)20(30-22(17)18)12-16-7-3-4-10-24-16/h3-4,7-10,12,15,26H,2,5-6,11,13-14H2,1H3/b20-12-. The van der Waals surface area contributed by atoms with E-state index in [4.69, 9.17) is 9.47 Å². The summed E-state index contributed by atoms with van der Waals surface area (Å²) in [5, 5.41) is 10.5. The summed E-state index contributed by atoms with van der Waals surface area (Å²) in [6.45, 7) is 3.89. The third-order valence-electron chi connectivity index (χ3n) is 5.39. The number of benzene rings is 1. The molecule has 0 bridgehead atoms. The van der Waals surface area contributed by atoms with Crippen molar-refractivity contribution in [2.75, 3.05) is 19.7 Å². The van der Waals surface area contributed by atoms with E-state index in [9.17, 15) is 14.7 Å². The van der Waals surface area contributed by atoms with E-state index < -0.39 is 0 Å². The molecular weight excluding hydrogens is 384 g/mol. The van der Waals surface area contributed by atoms with Crippen LogP contribution in [0.4, 0.5) is 0 Å². The number of aromatic hydroxyl groups is 1. The molecule has 3 heterocycles. The van der Waals surface area contributed by atoms with Gasteiger partial charge in [0.1, 0.15) is 11.5 Å². The predicted octanol–water partition coefficient (Wildman–Crippen LogP) is 3.18. The van der Waals surface area contributed by atoms with Crippen LogP contribution in [0.1, 0.15) is 41.4 Å². The number of aromatic nitrogens is 1. The van der Waals surface area contributed by atoms with E-state index >= 15 is 0 Å². The molecule has 7 heteroatoms. The van der Waals surface area contributed by atoms with Gasteiger partial charge >= 0.3 is 5.97 Å². The molecule has 1 aromatic heterocycles. The summed E-state index contributed by atoms with van der Waals surface area (Å²) in [6.07, 6.45) is 4.90. The van der Waals surface area contributed by atoms with Crippen molar-refractivity contribution in [1.29, 1.82) is 0 Å². The summed E-state index contributed by atoms with van der Waals surface area (Å²) in [7, 11) is 0. The SMILES string of the molecule is CCOC(=O)C1CCCN(Cc2c(O)ccc3c2O/C(=C\c2ccccn2)C3=O)C1. The Morgan fingerprint density at radius 1 is 1.37 bits per heavy atom. The Bertz CT molecular complexity index is 987. The number of fused-ring (bicyclic) bond motifs is 1. The number of carbonyl (C=O) groups is 2. The number of rotatable bonds is 5. The highest BCUT2D eigenvalue weighted by molar-refractivity contribution is 6.14. The molecule has 1 unspecified atom stereocenters. The van der Waals surface area contributed by atoms with Crippen LogP contribution < -0.4 is 4.74 Å². The van der Waals surface area contributed by atoms with Crippen molar-refractivity contribution in [3.05, 3.63) is 59.1 Å². The van der Waals surface area contributed by atoms with E-state index in [1.807, 2.05) is 6.07 Å². The van der Waals surface area contributed by atoms with Gasteiger partial charge in [-0.2, -0.15) is 0 Å². The quantitative estimate of drug-likeness (QED) is 0.600. The molecule has 156 valence electrons. The van der Waals surface area contributed by atoms with Gasteiger partial charge in [0.25, 0.3) is 0 Å². The number of esters is 1. The van der Waals surface area contributed by atoms with Crippen molar-refractivity contribution in [3.8, 4) is 11.5 Å². The van der Waals surface area contributed by atoms with Gasteiger partial charge in [-0.3, -0.25) is 19.5 Å². The van der Waals surface area contributed by atoms with Gasteiger partial charge in [0.05, 0.1) is 29.3 Å². The maximum absolute atomic E-state index is 12.8. The van der Waals surface area contributed by atoms with Gasteiger partial charge in [-0.15, -0.1) is 0 Å². The molecule has 30 heavy (non-hydrogen) atoms. The molecule has 0 radical (unpaired) electrons. The first kappa shape index (κ1) is 20.1. The fourth-order valence-electron chi connectivity index (χ4n) is 3.92. The first-order valence-corrected chi connectivity index (χ1v) is 10.2. The molecule has 0 spiro atoms. The number of ketones is 1. The van der Waals surface area contributed by atoms with Gasteiger partial charge in [-0.25, -0.2) is 0 Å². The lowest BCUT2D eigenvalue weighted by Gasteiger charge is -2.31. The summed E-state index contributed by atoms with van der Waals surface area (Å²) in [5.74, 6) is 0.0226. The summed E-state index contributed by atoms with van der Waals surface area (Å²) in [5.41, 5.74) is 1.59. The number of hydrogen-bond acceptors (Lipinski definition) is 7. The van der Waals surface area contributed by atoms with Gasteiger partial charge in [0.2, 0.25) is 5.78 Å². The zero-order valence-corrected chi connectivity index (χ0v) is 16.8. The maximum Gasteiger partial charge on any atom is 0.310 e. The molecule has 7 nitrogen and oxygen atoms in total. The second kappa shape index (κ2) is 8.67. The van der Waals surface area contributed by atoms with Gasteiger partial charge in [-0.05, 0) is 50.6 Å². The average molecular weight is 408 g/mol. The lowest BCUT2D eigenvalue weighted by atomic mass is 9.97. The molecule has 1 atom stereocenters. The molecule has 1 aromatic carbocycles. The molecule has 0 saturated carbocycles. The van der Waals surface area contributed by atoms with Crippen LogP contribution in [-0.4, -0.2) is 46.4 Å². The van der Waals surface area contributed by atoms with Crippen LogP contribution >= 0.6 is 0 Å². The number of Topliss-reactive ketones (excluding diaryl/α,β-unsaturated/α-hetero) is 1. The number of nitrogens with zero attached hydrogens (tertiary/aromatic N) is 2. The number of phenolic OH excluding ortho intramolecular Hbond substituents is 1. The van der Waals surface area contributed by atoms with Crippen molar-refractivity contribution >= 4 is 17.8 Å². The molecule has 0 aliphatic carbocycles. The molecule has 0 amide bonds. The van der Waals surface area contributed by atoms with Crippen LogP contribution in [0, 0.1) is 5.92 Å². The summed E-state index contributed by atoms with van der Waals surface area (Å²) in [6, 6.07) is 8.51. The average Bonchev–Trinajstić information content (AvgIpc) is 3.07. The van der Waals surface area contributed by atoms with Crippen molar-refractivity contribution in [2.45, 2.75) is 26.3 Å².